The minimum absolute atomic E-state index is 0.171. The van der Waals surface area contributed by atoms with Crippen LogP contribution < -0.4 is 10.6 Å². The number of hydrogen-bond donors (Lipinski definition) is 2. The smallest absolute Gasteiger partial charge is 0.339 e. The maximum atomic E-state index is 13.0. The summed E-state index contributed by atoms with van der Waals surface area (Å²) in [5.74, 6) is -0.906. The molecule has 0 unspecified atom stereocenters. The van der Waals surface area contributed by atoms with E-state index in [-0.39, 0.29) is 17.9 Å². The number of methoxy groups -OCH3 is 1. The molecule has 0 aliphatic carbocycles. The number of amides is 2. The maximum Gasteiger partial charge on any atom is 0.339 e. The van der Waals surface area contributed by atoms with Crippen LogP contribution in [0.25, 0.3) is 0 Å². The number of carbonyl (C=O) groups is 2. The molecule has 5 nitrogen and oxygen atoms in total. The first-order valence-electron chi connectivity index (χ1n) is 6.57. The quantitative estimate of drug-likeness (QED) is 0.853. The first-order chi connectivity index (χ1) is 10.6. The Kier molecular flexibility index (Phi) is 5.08. The van der Waals surface area contributed by atoms with Crippen LogP contribution in [0, 0.1) is 5.82 Å². The van der Waals surface area contributed by atoms with Crippen LogP contribution in [-0.4, -0.2) is 19.1 Å². The number of nitrogens with one attached hydrogen (secondary N) is 2. The van der Waals surface area contributed by atoms with Crippen molar-refractivity contribution in [2.75, 3.05) is 12.4 Å². The fourth-order valence-electron chi connectivity index (χ4n) is 1.88. The van der Waals surface area contributed by atoms with Gasteiger partial charge in [-0.05, 0) is 29.8 Å². The second-order valence-electron chi connectivity index (χ2n) is 4.47. The van der Waals surface area contributed by atoms with E-state index in [0.717, 1.165) is 0 Å². The fraction of sp³-hybridized carbons (Fsp3) is 0.125. The Labute approximate surface area is 127 Å². The van der Waals surface area contributed by atoms with Crippen molar-refractivity contribution >= 4 is 17.7 Å². The van der Waals surface area contributed by atoms with E-state index in [4.69, 9.17) is 0 Å². The molecule has 0 fully saturated rings. The molecule has 0 aliphatic rings. The molecular weight excluding hydrogens is 287 g/mol. The lowest BCUT2D eigenvalue weighted by atomic mass is 10.2. The van der Waals surface area contributed by atoms with Gasteiger partial charge in [-0.1, -0.05) is 24.3 Å². The number of anilines is 1. The van der Waals surface area contributed by atoms with Crippen molar-refractivity contribution in [2.45, 2.75) is 6.54 Å². The highest BCUT2D eigenvalue weighted by molar-refractivity contribution is 6.00. The number of urea groups is 1. The van der Waals surface area contributed by atoms with Crippen LogP contribution in [0.4, 0.5) is 14.9 Å². The number of halogens is 1. The molecule has 0 spiro atoms. The molecule has 2 amide bonds. The predicted molar refractivity (Wildman–Crippen MR) is 80.0 cm³/mol. The van der Waals surface area contributed by atoms with Gasteiger partial charge >= 0.3 is 12.0 Å². The summed E-state index contributed by atoms with van der Waals surface area (Å²) in [5, 5.41) is 5.16. The van der Waals surface area contributed by atoms with Crippen LogP contribution in [0.3, 0.4) is 0 Å². The van der Waals surface area contributed by atoms with Gasteiger partial charge in [-0.15, -0.1) is 0 Å². The molecule has 0 atom stereocenters. The Morgan fingerprint density at radius 1 is 1.14 bits per heavy atom. The molecule has 0 saturated heterocycles. The molecule has 2 aromatic rings. The minimum atomic E-state index is -0.541. The minimum Gasteiger partial charge on any atom is -0.465 e. The molecular formula is C16H15FN2O3. The van der Waals surface area contributed by atoms with E-state index < -0.39 is 12.0 Å². The third kappa shape index (κ3) is 4.05. The first kappa shape index (κ1) is 15.5. The second kappa shape index (κ2) is 7.21. The van der Waals surface area contributed by atoms with E-state index in [1.54, 1.807) is 36.4 Å². The summed E-state index contributed by atoms with van der Waals surface area (Å²) in [6.45, 7) is 0.171. The third-order valence-electron chi connectivity index (χ3n) is 2.92. The van der Waals surface area contributed by atoms with Gasteiger partial charge in [-0.2, -0.15) is 0 Å². The zero-order valence-electron chi connectivity index (χ0n) is 11.9. The highest BCUT2D eigenvalue weighted by atomic mass is 19.1. The molecule has 0 aliphatic heterocycles. The van der Waals surface area contributed by atoms with E-state index >= 15 is 0 Å². The second-order valence-corrected chi connectivity index (χ2v) is 4.47. The van der Waals surface area contributed by atoms with E-state index in [2.05, 4.69) is 15.4 Å². The molecule has 0 saturated carbocycles. The summed E-state index contributed by atoms with van der Waals surface area (Å²) in [7, 11) is 1.27. The van der Waals surface area contributed by atoms with Gasteiger partial charge < -0.3 is 15.4 Å². The Hall–Kier alpha value is -2.89. The lowest BCUT2D eigenvalue weighted by Gasteiger charge is -2.10. The molecule has 0 aromatic heterocycles. The summed E-state index contributed by atoms with van der Waals surface area (Å²) < 4.78 is 17.7. The monoisotopic (exact) mass is 302 g/mol. The standard InChI is InChI=1S/C16H15FN2O3/c1-22-15(20)13-7-2-3-8-14(13)19-16(21)18-10-11-5-4-6-12(17)9-11/h2-9H,10H2,1H3,(H2,18,19,21). The predicted octanol–water partition coefficient (Wildman–Crippen LogP) is 2.93. The van der Waals surface area contributed by atoms with Crippen molar-refractivity contribution in [3.8, 4) is 0 Å². The van der Waals surface area contributed by atoms with Gasteiger partial charge in [0.25, 0.3) is 0 Å². The van der Waals surface area contributed by atoms with Crippen LogP contribution in [0.2, 0.25) is 0 Å². The zero-order valence-corrected chi connectivity index (χ0v) is 11.9. The van der Waals surface area contributed by atoms with Crippen molar-refractivity contribution in [3.05, 3.63) is 65.5 Å². The van der Waals surface area contributed by atoms with Crippen molar-refractivity contribution < 1.29 is 18.7 Å². The van der Waals surface area contributed by atoms with Gasteiger partial charge in [0.15, 0.2) is 0 Å². The van der Waals surface area contributed by atoms with Crippen LogP contribution in [0.5, 0.6) is 0 Å². The van der Waals surface area contributed by atoms with Crippen molar-refractivity contribution in [1.29, 1.82) is 0 Å². The summed E-state index contributed by atoms with van der Waals surface area (Å²) in [6.07, 6.45) is 0. The lowest BCUT2D eigenvalue weighted by Crippen LogP contribution is -2.29. The lowest BCUT2D eigenvalue weighted by molar-refractivity contribution is 0.0602. The number of ether oxygens (including phenoxy) is 1. The summed E-state index contributed by atoms with van der Waals surface area (Å²) in [6, 6.07) is 11.9. The average molecular weight is 302 g/mol. The third-order valence-corrected chi connectivity index (χ3v) is 2.92. The maximum absolute atomic E-state index is 13.0. The Balaban J connectivity index is 1.99. The SMILES string of the molecule is COC(=O)c1ccccc1NC(=O)NCc1cccc(F)c1. The first-order valence-corrected chi connectivity index (χ1v) is 6.57. The topological polar surface area (TPSA) is 67.4 Å². The van der Waals surface area contributed by atoms with Crippen LogP contribution in [-0.2, 0) is 11.3 Å². The van der Waals surface area contributed by atoms with E-state index in [1.165, 1.54) is 19.2 Å². The van der Waals surface area contributed by atoms with Gasteiger partial charge in [-0.3, -0.25) is 0 Å². The molecule has 6 heteroatoms. The molecule has 0 radical (unpaired) electrons. The Morgan fingerprint density at radius 3 is 2.64 bits per heavy atom. The number of para-hydroxylation sites is 1. The van der Waals surface area contributed by atoms with Crippen LogP contribution in [0.1, 0.15) is 15.9 Å². The van der Waals surface area contributed by atoms with Gasteiger partial charge in [-0.25, -0.2) is 14.0 Å². The highest BCUT2D eigenvalue weighted by Crippen LogP contribution is 2.15. The van der Waals surface area contributed by atoms with Crippen molar-refractivity contribution in [2.24, 2.45) is 0 Å². The summed E-state index contributed by atoms with van der Waals surface area (Å²) in [4.78, 5) is 23.5. The number of hydrogen-bond acceptors (Lipinski definition) is 3. The molecule has 114 valence electrons. The van der Waals surface area contributed by atoms with Gasteiger partial charge in [0.1, 0.15) is 5.82 Å². The van der Waals surface area contributed by atoms with Crippen molar-refractivity contribution in [3.63, 3.8) is 0 Å². The van der Waals surface area contributed by atoms with Crippen molar-refractivity contribution in [1.82, 2.24) is 5.32 Å². The van der Waals surface area contributed by atoms with Crippen LogP contribution in [0.15, 0.2) is 48.5 Å². The van der Waals surface area contributed by atoms with E-state index in [9.17, 15) is 14.0 Å². The van der Waals surface area contributed by atoms with E-state index in [1.807, 2.05) is 0 Å². The molecule has 2 aromatic carbocycles. The Bertz CT molecular complexity index is 689. The van der Waals surface area contributed by atoms with Crippen LogP contribution >= 0.6 is 0 Å². The Morgan fingerprint density at radius 2 is 1.91 bits per heavy atom. The molecule has 2 rings (SSSR count). The number of benzene rings is 2. The number of carbonyl (C=O) groups excluding carboxylic acids is 2. The molecule has 0 heterocycles. The summed E-state index contributed by atoms with van der Waals surface area (Å²) >= 11 is 0. The highest BCUT2D eigenvalue weighted by Gasteiger charge is 2.12. The zero-order chi connectivity index (χ0) is 15.9. The molecule has 0 bridgehead atoms. The molecule has 2 N–H and O–H groups in total. The largest absolute Gasteiger partial charge is 0.465 e. The summed E-state index contributed by atoms with van der Waals surface area (Å²) in [5.41, 5.74) is 1.23. The van der Waals surface area contributed by atoms with Gasteiger partial charge in [0.05, 0.1) is 18.4 Å². The number of esters is 1. The fourth-order valence-corrected chi connectivity index (χ4v) is 1.88. The van der Waals surface area contributed by atoms with Gasteiger partial charge in [0, 0.05) is 6.54 Å². The number of rotatable bonds is 4. The average Bonchev–Trinajstić information content (AvgIpc) is 2.53. The molecule has 22 heavy (non-hydrogen) atoms. The van der Waals surface area contributed by atoms with E-state index in [0.29, 0.717) is 11.3 Å². The van der Waals surface area contributed by atoms with Gasteiger partial charge in [0.2, 0.25) is 0 Å². The normalized spacial score (nSPS) is 9.91.